The van der Waals surface area contributed by atoms with Crippen LogP contribution >= 0.6 is 33.2 Å². The van der Waals surface area contributed by atoms with Gasteiger partial charge in [0.05, 0.1) is 15.7 Å². The Hall–Kier alpha value is -0.890. The van der Waals surface area contributed by atoms with Gasteiger partial charge in [0, 0.05) is 0 Å². The first-order chi connectivity index (χ1) is 8.26. The van der Waals surface area contributed by atoms with Crippen LogP contribution in [0.3, 0.4) is 0 Å². The van der Waals surface area contributed by atoms with Crippen LogP contribution in [0.25, 0.3) is 0 Å². The maximum absolute atomic E-state index is 9.07. The molecule has 1 heterocycles. The highest BCUT2D eigenvalue weighted by Crippen LogP contribution is 2.39. The second kappa shape index (κ2) is 8.24. The van der Waals surface area contributed by atoms with Crippen LogP contribution in [0.4, 0.5) is 0 Å². The molecule has 1 atom stereocenters. The van der Waals surface area contributed by atoms with Gasteiger partial charge in [0.2, 0.25) is 0 Å². The van der Waals surface area contributed by atoms with Crippen LogP contribution in [-0.4, -0.2) is 17.1 Å². The average Bonchev–Trinajstić information content (AvgIpc) is 2.36. The Bertz CT molecular complexity index is 515. The van der Waals surface area contributed by atoms with E-state index in [0.29, 0.717) is 0 Å². The van der Waals surface area contributed by atoms with Crippen molar-refractivity contribution in [1.29, 1.82) is 0 Å². The molecule has 17 heavy (non-hydrogen) atoms. The van der Waals surface area contributed by atoms with E-state index in [-0.39, 0.29) is 5.88 Å². The second-order valence-electron chi connectivity index (χ2n) is 2.79. The summed E-state index contributed by atoms with van der Waals surface area (Å²) in [5, 5.41) is 9.07. The molecule has 0 radical (unpaired) electrons. The van der Waals surface area contributed by atoms with Crippen LogP contribution in [0, 0.1) is 35.5 Å². The van der Waals surface area contributed by atoms with Gasteiger partial charge in [-0.05, 0) is 58.4 Å². The highest BCUT2D eigenvalue weighted by Gasteiger charge is 2.03. The molecule has 4 heteroatoms. The number of alkyl halides is 1. The average molecular weight is 281 g/mol. The first-order valence-corrected chi connectivity index (χ1v) is 7.39. The van der Waals surface area contributed by atoms with Gasteiger partial charge < -0.3 is 5.11 Å². The van der Waals surface area contributed by atoms with E-state index in [1.165, 1.54) is 0 Å². The molecule has 1 aliphatic heterocycles. The van der Waals surface area contributed by atoms with E-state index in [0.717, 1.165) is 9.81 Å². The van der Waals surface area contributed by atoms with Crippen molar-refractivity contribution in [1.82, 2.24) is 0 Å². The van der Waals surface area contributed by atoms with Gasteiger partial charge in [-0.2, -0.15) is 0 Å². The first-order valence-electron chi connectivity index (χ1n) is 4.71. The number of aliphatic hydroxyl groups is 1. The molecule has 1 nitrogen and oxygen atoms in total. The maximum atomic E-state index is 9.07. The molecule has 0 spiro atoms. The third-order valence-corrected chi connectivity index (χ3v) is 4.03. The summed E-state index contributed by atoms with van der Waals surface area (Å²) in [6.07, 6.45) is 3.04. The smallest absolute Gasteiger partial charge is 0.129 e. The number of hydrogen-bond donors (Lipinski definition) is 1. The normalized spacial score (nSPS) is 14.8. The van der Waals surface area contributed by atoms with Gasteiger partial charge in [0.15, 0.2) is 0 Å². The lowest BCUT2D eigenvalue weighted by Crippen LogP contribution is -2.02. The van der Waals surface area contributed by atoms with E-state index in [1.807, 2.05) is 19.1 Å². The van der Waals surface area contributed by atoms with Crippen molar-refractivity contribution in [3.05, 3.63) is 22.0 Å². The largest absolute Gasteiger partial charge is 0.379 e. The Morgan fingerprint density at radius 3 is 2.41 bits per heavy atom. The number of rotatable bonds is 1. The predicted molar refractivity (Wildman–Crippen MR) is 77.1 cm³/mol. The van der Waals surface area contributed by atoms with Crippen LogP contribution in [0.15, 0.2) is 22.0 Å². The van der Waals surface area contributed by atoms with Crippen molar-refractivity contribution in [2.45, 2.75) is 13.0 Å². The van der Waals surface area contributed by atoms with E-state index in [1.54, 1.807) is 21.6 Å². The van der Waals surface area contributed by atoms with Crippen molar-refractivity contribution in [3.8, 4) is 35.5 Å². The standard InChI is InChI=1S/C13H9ClOS2/c1-2-5-12-8-9-13(17-16-12)7-4-3-6-11(15)10-14/h8-9,11,15H,10H2,1H3. The highest BCUT2D eigenvalue weighted by molar-refractivity contribution is 8.79. The molecule has 1 rings (SSSR count). The quantitative estimate of drug-likeness (QED) is 0.453. The minimum absolute atomic E-state index is 0.101. The summed E-state index contributed by atoms with van der Waals surface area (Å²) in [5.74, 6) is 16.6. The van der Waals surface area contributed by atoms with Crippen LogP contribution in [0.5, 0.6) is 0 Å². The Balaban J connectivity index is 2.61. The number of hydrogen-bond acceptors (Lipinski definition) is 3. The van der Waals surface area contributed by atoms with Gasteiger partial charge in [-0.1, -0.05) is 11.8 Å². The minimum Gasteiger partial charge on any atom is -0.379 e. The summed E-state index contributed by atoms with van der Waals surface area (Å²) in [4.78, 5) is 1.94. The highest BCUT2D eigenvalue weighted by atomic mass is 35.5. The lowest BCUT2D eigenvalue weighted by Gasteiger charge is -2.03. The first kappa shape index (κ1) is 14.2. The summed E-state index contributed by atoms with van der Waals surface area (Å²) >= 11 is 5.39. The minimum atomic E-state index is -0.806. The number of halogens is 1. The monoisotopic (exact) mass is 280 g/mol. The van der Waals surface area contributed by atoms with Crippen molar-refractivity contribution in [2.75, 3.05) is 5.88 Å². The predicted octanol–water partition coefficient (Wildman–Crippen LogP) is 2.78. The summed E-state index contributed by atoms with van der Waals surface area (Å²) < 4.78 is 0. The van der Waals surface area contributed by atoms with E-state index >= 15 is 0 Å². The van der Waals surface area contributed by atoms with Crippen LogP contribution < -0.4 is 0 Å². The molecule has 0 aliphatic carbocycles. The molecule has 0 aromatic carbocycles. The van der Waals surface area contributed by atoms with Crippen molar-refractivity contribution >= 4 is 33.2 Å². The van der Waals surface area contributed by atoms with E-state index < -0.39 is 6.10 Å². The third kappa shape index (κ3) is 5.83. The Labute approximate surface area is 114 Å². The molecule has 0 saturated heterocycles. The molecular formula is C13H9ClOS2. The summed E-state index contributed by atoms with van der Waals surface area (Å²) in [5.41, 5.74) is 0. The molecule has 0 amide bonds. The van der Waals surface area contributed by atoms with Crippen LogP contribution in [-0.2, 0) is 0 Å². The summed E-state index contributed by atoms with van der Waals surface area (Å²) in [7, 11) is 3.13. The van der Waals surface area contributed by atoms with Crippen LogP contribution in [0.1, 0.15) is 6.92 Å². The van der Waals surface area contributed by atoms with E-state index in [9.17, 15) is 0 Å². The molecular weight excluding hydrogens is 272 g/mol. The molecule has 0 saturated carbocycles. The molecule has 86 valence electrons. The Morgan fingerprint density at radius 1 is 1.24 bits per heavy atom. The van der Waals surface area contributed by atoms with Crippen molar-refractivity contribution in [2.24, 2.45) is 0 Å². The summed E-state index contributed by atoms with van der Waals surface area (Å²) in [6, 6.07) is 0. The van der Waals surface area contributed by atoms with Gasteiger partial charge in [0.25, 0.3) is 0 Å². The zero-order valence-corrected chi connectivity index (χ0v) is 11.5. The van der Waals surface area contributed by atoms with Gasteiger partial charge in [-0.3, -0.25) is 0 Å². The molecule has 1 unspecified atom stereocenters. The number of allylic oxidation sites excluding steroid dienone is 4. The molecule has 0 fully saturated rings. The van der Waals surface area contributed by atoms with Crippen molar-refractivity contribution in [3.63, 3.8) is 0 Å². The Morgan fingerprint density at radius 2 is 1.88 bits per heavy atom. The van der Waals surface area contributed by atoms with Crippen molar-refractivity contribution < 1.29 is 5.11 Å². The number of aliphatic hydroxyl groups excluding tert-OH is 1. The van der Waals surface area contributed by atoms with Gasteiger partial charge in [0.1, 0.15) is 6.10 Å². The van der Waals surface area contributed by atoms with Gasteiger partial charge in [-0.15, -0.1) is 17.5 Å². The summed E-state index contributed by atoms with van der Waals surface area (Å²) in [6.45, 7) is 1.81. The van der Waals surface area contributed by atoms with E-state index in [4.69, 9.17) is 16.7 Å². The fourth-order valence-electron chi connectivity index (χ4n) is 0.796. The lowest BCUT2D eigenvalue weighted by atomic mass is 10.4. The van der Waals surface area contributed by atoms with Crippen LogP contribution in [0.2, 0.25) is 0 Å². The van der Waals surface area contributed by atoms with E-state index in [2.05, 4.69) is 35.5 Å². The van der Waals surface area contributed by atoms with Gasteiger partial charge >= 0.3 is 0 Å². The SMILES string of the molecule is CC#CC1=CC=C(C#CC#CC(O)CCl)SS1. The third-order valence-electron chi connectivity index (χ3n) is 1.49. The Kier molecular flexibility index (Phi) is 6.87. The molecule has 0 aromatic rings. The zero-order chi connectivity index (χ0) is 12.5. The topological polar surface area (TPSA) is 20.2 Å². The fourth-order valence-corrected chi connectivity index (χ4v) is 2.66. The second-order valence-corrected chi connectivity index (χ2v) is 5.31. The lowest BCUT2D eigenvalue weighted by molar-refractivity contribution is 0.256. The zero-order valence-electron chi connectivity index (χ0n) is 9.08. The molecule has 0 bridgehead atoms. The molecule has 1 N–H and O–H groups in total. The molecule has 0 aromatic heterocycles. The fraction of sp³-hybridized carbons (Fsp3) is 0.231. The molecule has 1 aliphatic rings. The van der Waals surface area contributed by atoms with Gasteiger partial charge in [-0.25, -0.2) is 0 Å². The maximum Gasteiger partial charge on any atom is 0.129 e.